The van der Waals surface area contributed by atoms with Gasteiger partial charge in [-0.05, 0) is 48.8 Å². The summed E-state index contributed by atoms with van der Waals surface area (Å²) in [5.41, 5.74) is 3.19. The van der Waals surface area contributed by atoms with E-state index in [0.717, 1.165) is 23.3 Å². The molecule has 0 unspecified atom stereocenters. The number of aliphatic carboxylic acids is 1. The van der Waals surface area contributed by atoms with Gasteiger partial charge in [-0.2, -0.15) is 0 Å². The minimum absolute atomic E-state index is 0.114. The Morgan fingerprint density at radius 2 is 1.96 bits per heavy atom. The van der Waals surface area contributed by atoms with Gasteiger partial charge >= 0.3 is 5.97 Å². The molecule has 0 radical (unpaired) electrons. The SMILES string of the molecule is O=C(O)CCCOc1cc2c(cc1C1CCCCC1)CCC2=O. The van der Waals surface area contributed by atoms with Gasteiger partial charge in [-0.3, -0.25) is 9.59 Å². The highest BCUT2D eigenvalue weighted by Crippen LogP contribution is 2.40. The van der Waals surface area contributed by atoms with Crippen molar-refractivity contribution in [3.05, 3.63) is 28.8 Å². The monoisotopic (exact) mass is 316 g/mol. The molecule has 124 valence electrons. The normalized spacial score (nSPS) is 18.0. The second-order valence-electron chi connectivity index (χ2n) is 6.65. The number of ketones is 1. The number of carbonyl (C=O) groups is 2. The van der Waals surface area contributed by atoms with Gasteiger partial charge in [-0.25, -0.2) is 0 Å². The lowest BCUT2D eigenvalue weighted by atomic mass is 9.82. The van der Waals surface area contributed by atoms with E-state index in [1.165, 1.54) is 37.7 Å². The molecule has 1 aromatic rings. The van der Waals surface area contributed by atoms with Crippen molar-refractivity contribution in [1.82, 2.24) is 0 Å². The Morgan fingerprint density at radius 3 is 2.70 bits per heavy atom. The largest absolute Gasteiger partial charge is 0.493 e. The number of aryl methyl sites for hydroxylation is 1. The molecule has 0 amide bonds. The molecule has 4 nitrogen and oxygen atoms in total. The fraction of sp³-hybridized carbons (Fsp3) is 0.579. The van der Waals surface area contributed by atoms with Crippen LogP contribution in [0.25, 0.3) is 0 Å². The van der Waals surface area contributed by atoms with Crippen molar-refractivity contribution in [3.63, 3.8) is 0 Å². The number of hydrogen-bond acceptors (Lipinski definition) is 3. The predicted molar refractivity (Wildman–Crippen MR) is 87.3 cm³/mol. The Balaban J connectivity index is 1.80. The number of benzene rings is 1. The van der Waals surface area contributed by atoms with E-state index in [0.29, 0.717) is 25.4 Å². The van der Waals surface area contributed by atoms with E-state index in [-0.39, 0.29) is 12.2 Å². The maximum absolute atomic E-state index is 12.0. The van der Waals surface area contributed by atoms with E-state index in [9.17, 15) is 9.59 Å². The summed E-state index contributed by atoms with van der Waals surface area (Å²) >= 11 is 0. The highest BCUT2D eigenvalue weighted by Gasteiger charge is 2.26. The molecular formula is C19H24O4. The van der Waals surface area contributed by atoms with Crippen LogP contribution in [0, 0.1) is 0 Å². The average Bonchev–Trinajstić information content (AvgIpc) is 2.92. The Labute approximate surface area is 136 Å². The number of carbonyl (C=O) groups excluding carboxylic acids is 1. The lowest BCUT2D eigenvalue weighted by Crippen LogP contribution is -2.10. The molecule has 23 heavy (non-hydrogen) atoms. The Bertz CT molecular complexity index is 600. The van der Waals surface area contributed by atoms with Crippen LogP contribution in [0.4, 0.5) is 0 Å². The van der Waals surface area contributed by atoms with Crippen LogP contribution in [0.15, 0.2) is 12.1 Å². The van der Waals surface area contributed by atoms with Gasteiger partial charge in [-0.1, -0.05) is 25.3 Å². The lowest BCUT2D eigenvalue weighted by Gasteiger charge is -2.25. The van der Waals surface area contributed by atoms with Crippen LogP contribution >= 0.6 is 0 Å². The number of hydrogen-bond donors (Lipinski definition) is 1. The van der Waals surface area contributed by atoms with E-state index in [1.54, 1.807) is 0 Å². The van der Waals surface area contributed by atoms with Gasteiger partial charge in [0.1, 0.15) is 5.75 Å². The van der Waals surface area contributed by atoms with Crippen molar-refractivity contribution < 1.29 is 19.4 Å². The zero-order valence-electron chi connectivity index (χ0n) is 13.5. The number of fused-ring (bicyclic) bond motifs is 1. The fourth-order valence-electron chi connectivity index (χ4n) is 3.76. The molecule has 1 aromatic carbocycles. The van der Waals surface area contributed by atoms with Gasteiger partial charge in [0.05, 0.1) is 6.61 Å². The van der Waals surface area contributed by atoms with Crippen molar-refractivity contribution >= 4 is 11.8 Å². The molecule has 1 saturated carbocycles. The number of carboxylic acids is 1. The van der Waals surface area contributed by atoms with Gasteiger partial charge in [0, 0.05) is 18.4 Å². The smallest absolute Gasteiger partial charge is 0.303 e. The first-order valence-corrected chi connectivity index (χ1v) is 8.70. The molecule has 0 aliphatic heterocycles. The fourth-order valence-corrected chi connectivity index (χ4v) is 3.76. The molecule has 0 aromatic heterocycles. The van der Waals surface area contributed by atoms with E-state index in [4.69, 9.17) is 9.84 Å². The van der Waals surface area contributed by atoms with Crippen LogP contribution in [0.1, 0.15) is 78.8 Å². The first-order chi connectivity index (χ1) is 11.1. The highest BCUT2D eigenvalue weighted by atomic mass is 16.5. The first kappa shape index (κ1) is 16.0. The quantitative estimate of drug-likeness (QED) is 0.802. The van der Waals surface area contributed by atoms with Crippen molar-refractivity contribution in [2.75, 3.05) is 6.61 Å². The Morgan fingerprint density at radius 1 is 1.17 bits per heavy atom. The summed E-state index contributed by atoms with van der Waals surface area (Å²) < 4.78 is 5.90. The van der Waals surface area contributed by atoms with Crippen molar-refractivity contribution in [3.8, 4) is 5.75 Å². The molecule has 0 bridgehead atoms. The molecule has 4 heteroatoms. The second-order valence-corrected chi connectivity index (χ2v) is 6.65. The molecular weight excluding hydrogens is 292 g/mol. The van der Waals surface area contributed by atoms with Crippen LogP contribution in [0.2, 0.25) is 0 Å². The molecule has 0 saturated heterocycles. The summed E-state index contributed by atoms with van der Waals surface area (Å²) in [5.74, 6) is 0.714. The topological polar surface area (TPSA) is 63.6 Å². The van der Waals surface area contributed by atoms with Crippen LogP contribution in [-0.4, -0.2) is 23.5 Å². The van der Waals surface area contributed by atoms with Crippen molar-refractivity contribution in [1.29, 1.82) is 0 Å². The molecule has 0 spiro atoms. The van der Waals surface area contributed by atoms with E-state index in [1.807, 2.05) is 6.07 Å². The van der Waals surface area contributed by atoms with E-state index < -0.39 is 5.97 Å². The number of rotatable bonds is 6. The van der Waals surface area contributed by atoms with Crippen molar-refractivity contribution in [2.24, 2.45) is 0 Å². The standard InChI is InChI=1S/C19H24O4/c20-17-9-8-14-11-16(13-5-2-1-3-6-13)18(12-15(14)17)23-10-4-7-19(21)22/h11-13H,1-10H2,(H,21,22). The van der Waals surface area contributed by atoms with Gasteiger partial charge in [0.2, 0.25) is 0 Å². The molecule has 3 rings (SSSR count). The van der Waals surface area contributed by atoms with Gasteiger partial charge in [0.25, 0.3) is 0 Å². The third-order valence-electron chi connectivity index (χ3n) is 4.99. The van der Waals surface area contributed by atoms with Gasteiger partial charge in [-0.15, -0.1) is 0 Å². The van der Waals surface area contributed by atoms with Crippen LogP contribution in [-0.2, 0) is 11.2 Å². The van der Waals surface area contributed by atoms with Gasteiger partial charge < -0.3 is 9.84 Å². The summed E-state index contributed by atoms with van der Waals surface area (Å²) in [6.45, 7) is 0.388. The van der Waals surface area contributed by atoms with Crippen molar-refractivity contribution in [2.45, 2.75) is 63.7 Å². The third-order valence-corrected chi connectivity index (χ3v) is 4.99. The minimum atomic E-state index is -0.801. The summed E-state index contributed by atoms with van der Waals surface area (Å²) in [4.78, 5) is 22.6. The maximum Gasteiger partial charge on any atom is 0.303 e. The molecule has 1 N–H and O–H groups in total. The zero-order chi connectivity index (χ0) is 16.2. The Hall–Kier alpha value is -1.84. The van der Waals surface area contributed by atoms with Crippen LogP contribution in [0.3, 0.4) is 0 Å². The number of carboxylic acid groups (broad SMARTS) is 1. The van der Waals surface area contributed by atoms with Crippen LogP contribution in [0.5, 0.6) is 5.75 Å². The number of ether oxygens (including phenoxy) is 1. The first-order valence-electron chi connectivity index (χ1n) is 8.70. The summed E-state index contributed by atoms with van der Waals surface area (Å²) in [6.07, 6.45) is 8.20. The van der Waals surface area contributed by atoms with E-state index in [2.05, 4.69) is 6.07 Å². The molecule has 2 aliphatic rings. The molecule has 0 atom stereocenters. The zero-order valence-corrected chi connectivity index (χ0v) is 13.5. The predicted octanol–water partition coefficient (Wildman–Crippen LogP) is 4.11. The van der Waals surface area contributed by atoms with Gasteiger partial charge in [0.15, 0.2) is 5.78 Å². The summed E-state index contributed by atoms with van der Waals surface area (Å²) in [5, 5.41) is 8.73. The molecule has 1 fully saturated rings. The molecule has 0 heterocycles. The Kier molecular flexibility index (Phi) is 4.99. The van der Waals surface area contributed by atoms with Crippen LogP contribution < -0.4 is 4.74 Å². The minimum Gasteiger partial charge on any atom is -0.493 e. The third kappa shape index (κ3) is 3.74. The summed E-state index contributed by atoms with van der Waals surface area (Å²) in [6, 6.07) is 4.10. The second kappa shape index (κ2) is 7.16. The maximum atomic E-state index is 12.0. The number of Topliss-reactive ketones (excluding diaryl/α,β-unsaturated/α-hetero) is 1. The summed E-state index contributed by atoms with van der Waals surface area (Å²) in [7, 11) is 0. The van der Waals surface area contributed by atoms with E-state index >= 15 is 0 Å². The highest BCUT2D eigenvalue weighted by molar-refractivity contribution is 6.00. The lowest BCUT2D eigenvalue weighted by molar-refractivity contribution is -0.137. The average molecular weight is 316 g/mol. The molecule has 2 aliphatic carbocycles.